The van der Waals surface area contributed by atoms with Gasteiger partial charge in [-0.25, -0.2) is 0 Å². The molecule has 0 spiro atoms. The SMILES string of the molecule is CC1=N[N]C=C1C(C)C. The summed E-state index contributed by atoms with van der Waals surface area (Å²) < 4.78 is 0. The van der Waals surface area contributed by atoms with Gasteiger partial charge in [0.1, 0.15) is 0 Å². The zero-order valence-corrected chi connectivity index (χ0v) is 6.05. The third-order valence-electron chi connectivity index (χ3n) is 1.44. The van der Waals surface area contributed by atoms with E-state index in [4.69, 9.17) is 0 Å². The minimum atomic E-state index is 0.556. The molecule has 0 saturated carbocycles. The molecule has 0 aromatic heterocycles. The van der Waals surface area contributed by atoms with Crippen LogP contribution in [0.2, 0.25) is 0 Å². The molecule has 0 amide bonds. The van der Waals surface area contributed by atoms with Gasteiger partial charge in [-0.05, 0) is 18.4 Å². The van der Waals surface area contributed by atoms with Crippen LogP contribution in [0, 0.1) is 5.92 Å². The fourth-order valence-corrected chi connectivity index (χ4v) is 0.896. The van der Waals surface area contributed by atoms with Crippen molar-refractivity contribution in [2.75, 3.05) is 0 Å². The number of nitrogens with zero attached hydrogens (tertiary/aromatic N) is 2. The molecule has 9 heavy (non-hydrogen) atoms. The first kappa shape index (κ1) is 6.33. The lowest BCUT2D eigenvalue weighted by molar-refractivity contribution is 0.800. The molecule has 1 rings (SSSR count). The molecule has 1 radical (unpaired) electrons. The van der Waals surface area contributed by atoms with E-state index >= 15 is 0 Å². The van der Waals surface area contributed by atoms with Crippen LogP contribution in [0.15, 0.2) is 16.9 Å². The van der Waals surface area contributed by atoms with Crippen molar-refractivity contribution in [3.05, 3.63) is 11.8 Å². The number of hydrogen-bond acceptors (Lipinski definition) is 1. The van der Waals surface area contributed by atoms with E-state index in [-0.39, 0.29) is 0 Å². The molecule has 1 aliphatic heterocycles. The molecule has 0 bridgehead atoms. The van der Waals surface area contributed by atoms with Gasteiger partial charge in [0.15, 0.2) is 0 Å². The molecule has 2 nitrogen and oxygen atoms in total. The van der Waals surface area contributed by atoms with E-state index in [0.717, 1.165) is 5.71 Å². The summed E-state index contributed by atoms with van der Waals surface area (Å²) in [5.74, 6) is 0.556. The second kappa shape index (κ2) is 2.21. The number of allylic oxidation sites excluding steroid dienone is 1. The van der Waals surface area contributed by atoms with Gasteiger partial charge in [-0.1, -0.05) is 13.8 Å². The Morgan fingerprint density at radius 3 is 2.33 bits per heavy atom. The van der Waals surface area contributed by atoms with Crippen LogP contribution >= 0.6 is 0 Å². The molecule has 49 valence electrons. The van der Waals surface area contributed by atoms with Crippen molar-refractivity contribution in [3.63, 3.8) is 0 Å². The van der Waals surface area contributed by atoms with Crippen molar-refractivity contribution in [1.29, 1.82) is 0 Å². The second-order valence-electron chi connectivity index (χ2n) is 2.54. The molecule has 0 fully saturated rings. The van der Waals surface area contributed by atoms with Crippen molar-refractivity contribution in [1.82, 2.24) is 5.43 Å². The van der Waals surface area contributed by atoms with Crippen LogP contribution in [0.5, 0.6) is 0 Å². The van der Waals surface area contributed by atoms with Crippen LogP contribution in [0.25, 0.3) is 0 Å². The van der Waals surface area contributed by atoms with Crippen LogP contribution in [-0.4, -0.2) is 5.71 Å². The minimum Gasteiger partial charge on any atom is -0.159 e. The van der Waals surface area contributed by atoms with E-state index < -0.39 is 0 Å². The molecule has 1 heterocycles. The Kier molecular flexibility index (Phi) is 1.56. The molecule has 0 N–H and O–H groups in total. The van der Waals surface area contributed by atoms with Gasteiger partial charge in [0.2, 0.25) is 0 Å². The Morgan fingerprint density at radius 1 is 1.44 bits per heavy atom. The number of rotatable bonds is 1. The van der Waals surface area contributed by atoms with Gasteiger partial charge in [0.25, 0.3) is 0 Å². The Morgan fingerprint density at radius 2 is 2.11 bits per heavy atom. The first-order chi connectivity index (χ1) is 4.22. The first-order valence-corrected chi connectivity index (χ1v) is 3.16. The maximum atomic E-state index is 3.89. The molecular formula is C7H11N2. The Hall–Kier alpha value is -0.790. The minimum absolute atomic E-state index is 0.556. The highest BCUT2D eigenvalue weighted by molar-refractivity contribution is 5.99. The third kappa shape index (κ3) is 1.12. The maximum absolute atomic E-state index is 3.89. The predicted molar refractivity (Wildman–Crippen MR) is 38.2 cm³/mol. The average molecular weight is 123 g/mol. The Bertz CT molecular complexity index is 166. The monoisotopic (exact) mass is 123 g/mol. The summed E-state index contributed by atoms with van der Waals surface area (Å²) in [6, 6.07) is 0. The van der Waals surface area contributed by atoms with Crippen LogP contribution in [0.3, 0.4) is 0 Å². The molecule has 0 aromatic carbocycles. The third-order valence-corrected chi connectivity index (χ3v) is 1.44. The maximum Gasteiger partial charge on any atom is 0.0650 e. The van der Waals surface area contributed by atoms with E-state index in [2.05, 4.69) is 24.4 Å². The molecule has 0 aliphatic carbocycles. The van der Waals surface area contributed by atoms with Gasteiger partial charge < -0.3 is 0 Å². The number of hydrogen-bond donors (Lipinski definition) is 0. The zero-order valence-electron chi connectivity index (χ0n) is 6.05. The summed E-state index contributed by atoms with van der Waals surface area (Å²) in [5, 5.41) is 3.89. The van der Waals surface area contributed by atoms with Crippen molar-refractivity contribution in [2.45, 2.75) is 20.8 Å². The van der Waals surface area contributed by atoms with E-state index in [1.54, 1.807) is 0 Å². The van der Waals surface area contributed by atoms with Crippen LogP contribution in [0.4, 0.5) is 0 Å². The van der Waals surface area contributed by atoms with E-state index in [0.29, 0.717) is 5.92 Å². The van der Waals surface area contributed by atoms with Gasteiger partial charge in [0, 0.05) is 0 Å². The lowest BCUT2D eigenvalue weighted by atomic mass is 10.0. The summed E-state index contributed by atoms with van der Waals surface area (Å²) in [4.78, 5) is 0. The van der Waals surface area contributed by atoms with Gasteiger partial charge in [-0.2, -0.15) is 10.5 Å². The Balaban J connectivity index is 2.72. The Labute approximate surface area is 55.6 Å². The summed E-state index contributed by atoms with van der Waals surface area (Å²) in [7, 11) is 0. The molecule has 0 aromatic rings. The standard InChI is InChI=1S/C7H11N2/c1-5(2)7-4-8-9-6(7)3/h4-5H,1-3H3. The average Bonchev–Trinajstić information content (AvgIpc) is 2.13. The van der Waals surface area contributed by atoms with Gasteiger partial charge in [-0.3, -0.25) is 0 Å². The molecule has 0 saturated heterocycles. The topological polar surface area (TPSA) is 26.5 Å². The quantitative estimate of drug-likeness (QED) is 0.505. The van der Waals surface area contributed by atoms with Crippen molar-refractivity contribution in [3.8, 4) is 0 Å². The van der Waals surface area contributed by atoms with Crippen molar-refractivity contribution >= 4 is 5.71 Å². The van der Waals surface area contributed by atoms with Crippen molar-refractivity contribution in [2.24, 2.45) is 11.0 Å². The lowest BCUT2D eigenvalue weighted by Gasteiger charge is -2.02. The highest BCUT2D eigenvalue weighted by atomic mass is 15.3. The van der Waals surface area contributed by atoms with Crippen LogP contribution in [0.1, 0.15) is 20.8 Å². The van der Waals surface area contributed by atoms with Gasteiger partial charge >= 0.3 is 0 Å². The summed E-state index contributed by atoms with van der Waals surface area (Å²) in [6.07, 6.45) is 1.83. The molecule has 0 unspecified atom stereocenters. The first-order valence-electron chi connectivity index (χ1n) is 3.16. The highest BCUT2D eigenvalue weighted by Gasteiger charge is 2.10. The predicted octanol–water partition coefficient (Wildman–Crippen LogP) is 1.52. The largest absolute Gasteiger partial charge is 0.159 e. The molecule has 2 heteroatoms. The fourth-order valence-electron chi connectivity index (χ4n) is 0.896. The van der Waals surface area contributed by atoms with Crippen LogP contribution in [-0.2, 0) is 0 Å². The molecule has 1 aliphatic rings. The summed E-state index contributed by atoms with van der Waals surface area (Å²) in [5.41, 5.74) is 6.11. The van der Waals surface area contributed by atoms with Crippen molar-refractivity contribution < 1.29 is 0 Å². The second-order valence-corrected chi connectivity index (χ2v) is 2.54. The smallest absolute Gasteiger partial charge is 0.0650 e. The van der Waals surface area contributed by atoms with E-state index in [9.17, 15) is 0 Å². The zero-order chi connectivity index (χ0) is 6.85. The van der Waals surface area contributed by atoms with Gasteiger partial charge in [0.05, 0.1) is 11.9 Å². The van der Waals surface area contributed by atoms with E-state index in [1.807, 2.05) is 13.1 Å². The van der Waals surface area contributed by atoms with E-state index in [1.165, 1.54) is 5.57 Å². The fraction of sp³-hybridized carbons (Fsp3) is 0.571. The van der Waals surface area contributed by atoms with Gasteiger partial charge in [-0.15, -0.1) is 0 Å². The highest BCUT2D eigenvalue weighted by Crippen LogP contribution is 2.13. The summed E-state index contributed by atoms with van der Waals surface area (Å²) in [6.45, 7) is 6.28. The van der Waals surface area contributed by atoms with Crippen LogP contribution < -0.4 is 5.43 Å². The molecule has 0 atom stereocenters. The normalized spacial score (nSPS) is 17.3. The summed E-state index contributed by atoms with van der Waals surface area (Å²) >= 11 is 0. The lowest BCUT2D eigenvalue weighted by Crippen LogP contribution is -2.00. The molecular weight excluding hydrogens is 112 g/mol.